The van der Waals surface area contributed by atoms with Gasteiger partial charge in [-0.05, 0) is 12.8 Å². The third kappa shape index (κ3) is 0.561. The van der Waals surface area contributed by atoms with Crippen molar-refractivity contribution >= 4 is 0 Å². The van der Waals surface area contributed by atoms with Crippen LogP contribution in [-0.2, 0) is 5.54 Å². The Morgan fingerprint density at radius 3 is 2.73 bits per heavy atom. The van der Waals surface area contributed by atoms with Crippen molar-refractivity contribution in [1.29, 1.82) is 0 Å². The van der Waals surface area contributed by atoms with Gasteiger partial charge in [-0.15, -0.1) is 0 Å². The Morgan fingerprint density at radius 2 is 2.09 bits per heavy atom. The molecule has 3 rings (SSSR count). The number of aromatic nitrogens is 2. The smallest absolute Gasteiger partial charge is 0.135 e. The van der Waals surface area contributed by atoms with Crippen LogP contribution in [0.5, 0.6) is 0 Å². The molecule has 1 spiro atoms. The van der Waals surface area contributed by atoms with Gasteiger partial charge in [0.25, 0.3) is 0 Å². The molecule has 58 valence electrons. The van der Waals surface area contributed by atoms with E-state index in [0.29, 0.717) is 5.54 Å². The standard InChI is InChI=1S/C9H12N2/c1-2-4-9(5-3-1)8-10-6-7-11(8)9/h6-7H,1-5H2. The molecule has 0 radical (unpaired) electrons. The van der Waals surface area contributed by atoms with Crippen LogP contribution < -0.4 is 0 Å². The van der Waals surface area contributed by atoms with Crippen molar-refractivity contribution in [1.82, 2.24) is 9.55 Å². The molecule has 0 N–H and O–H groups in total. The molecule has 1 aliphatic carbocycles. The molecule has 2 aliphatic rings. The van der Waals surface area contributed by atoms with Crippen molar-refractivity contribution in [2.75, 3.05) is 0 Å². The highest BCUT2D eigenvalue weighted by Crippen LogP contribution is 2.50. The first kappa shape index (κ1) is 5.81. The zero-order valence-electron chi connectivity index (χ0n) is 6.58. The topological polar surface area (TPSA) is 17.8 Å². The molecule has 0 aromatic carbocycles. The van der Waals surface area contributed by atoms with Crippen LogP contribution in [0.2, 0.25) is 0 Å². The number of hydrogen-bond acceptors (Lipinski definition) is 1. The second-order valence-corrected chi connectivity index (χ2v) is 3.71. The second kappa shape index (κ2) is 1.68. The Labute approximate surface area is 66.2 Å². The lowest BCUT2D eigenvalue weighted by molar-refractivity contribution is 0.350. The van der Waals surface area contributed by atoms with Gasteiger partial charge in [0, 0.05) is 12.4 Å². The van der Waals surface area contributed by atoms with Crippen LogP contribution in [0.15, 0.2) is 12.4 Å². The summed E-state index contributed by atoms with van der Waals surface area (Å²) in [6.45, 7) is 0. The molecule has 1 aromatic heterocycles. The van der Waals surface area contributed by atoms with Gasteiger partial charge in [-0.3, -0.25) is 0 Å². The Bertz CT molecular complexity index is 261. The van der Waals surface area contributed by atoms with Crippen LogP contribution in [-0.4, -0.2) is 9.55 Å². The number of hydrogen-bond donors (Lipinski definition) is 0. The summed E-state index contributed by atoms with van der Waals surface area (Å²) in [4.78, 5) is 4.35. The summed E-state index contributed by atoms with van der Waals surface area (Å²) in [7, 11) is 0. The van der Waals surface area contributed by atoms with E-state index in [9.17, 15) is 0 Å². The van der Waals surface area contributed by atoms with Gasteiger partial charge in [-0.1, -0.05) is 19.3 Å². The van der Waals surface area contributed by atoms with Crippen molar-refractivity contribution in [3.8, 4) is 0 Å². The van der Waals surface area contributed by atoms with Crippen molar-refractivity contribution in [3.05, 3.63) is 18.2 Å². The molecule has 0 bridgehead atoms. The highest BCUT2D eigenvalue weighted by atomic mass is 15.3. The minimum Gasteiger partial charge on any atom is -0.320 e. The molecule has 2 heteroatoms. The monoisotopic (exact) mass is 148 g/mol. The van der Waals surface area contributed by atoms with E-state index in [1.807, 2.05) is 6.20 Å². The molecule has 0 amide bonds. The summed E-state index contributed by atoms with van der Waals surface area (Å²) in [6.07, 6.45) is 10.9. The van der Waals surface area contributed by atoms with E-state index in [4.69, 9.17) is 0 Å². The quantitative estimate of drug-likeness (QED) is 0.549. The molecule has 0 saturated heterocycles. The van der Waals surface area contributed by atoms with E-state index in [1.165, 1.54) is 37.9 Å². The van der Waals surface area contributed by atoms with E-state index >= 15 is 0 Å². The summed E-state index contributed by atoms with van der Waals surface area (Å²) in [5.41, 5.74) is 0.438. The molecule has 0 atom stereocenters. The first-order chi connectivity index (χ1) is 5.43. The van der Waals surface area contributed by atoms with Crippen molar-refractivity contribution < 1.29 is 0 Å². The molecule has 0 unspecified atom stereocenters. The van der Waals surface area contributed by atoms with Gasteiger partial charge in [0.15, 0.2) is 0 Å². The molecule has 2 nitrogen and oxygen atoms in total. The van der Waals surface area contributed by atoms with Gasteiger partial charge >= 0.3 is 0 Å². The fourth-order valence-electron chi connectivity index (χ4n) is 2.49. The Balaban J connectivity index is 1.94. The molecule has 1 saturated carbocycles. The summed E-state index contributed by atoms with van der Waals surface area (Å²) in [6, 6.07) is 0. The molecular weight excluding hydrogens is 136 g/mol. The van der Waals surface area contributed by atoms with Crippen LogP contribution in [0.3, 0.4) is 0 Å². The van der Waals surface area contributed by atoms with Gasteiger partial charge in [0.1, 0.15) is 11.4 Å². The average molecular weight is 148 g/mol. The fourth-order valence-corrected chi connectivity index (χ4v) is 2.49. The third-order valence-electron chi connectivity index (χ3n) is 3.15. The van der Waals surface area contributed by atoms with Crippen LogP contribution in [0.4, 0.5) is 0 Å². The van der Waals surface area contributed by atoms with Gasteiger partial charge in [-0.2, -0.15) is 0 Å². The summed E-state index contributed by atoms with van der Waals surface area (Å²) < 4.78 is 2.35. The van der Waals surface area contributed by atoms with Crippen LogP contribution in [0, 0.1) is 0 Å². The molecule has 1 fully saturated rings. The maximum atomic E-state index is 4.35. The van der Waals surface area contributed by atoms with Crippen LogP contribution in [0.25, 0.3) is 0 Å². The van der Waals surface area contributed by atoms with E-state index in [-0.39, 0.29) is 0 Å². The molecular formula is C9H12N2. The highest BCUT2D eigenvalue weighted by Gasteiger charge is 2.51. The first-order valence-electron chi connectivity index (χ1n) is 4.48. The van der Waals surface area contributed by atoms with Crippen LogP contribution in [0.1, 0.15) is 37.9 Å². The van der Waals surface area contributed by atoms with Crippen molar-refractivity contribution in [2.24, 2.45) is 0 Å². The Kier molecular flexibility index (Phi) is 0.888. The molecule has 1 aliphatic heterocycles. The number of fused-ring (bicyclic) bond motifs is 3. The van der Waals surface area contributed by atoms with E-state index in [2.05, 4.69) is 15.7 Å². The summed E-state index contributed by atoms with van der Waals surface area (Å²) >= 11 is 0. The largest absolute Gasteiger partial charge is 0.320 e. The zero-order chi connectivity index (χ0) is 7.31. The second-order valence-electron chi connectivity index (χ2n) is 3.71. The lowest BCUT2D eigenvalue weighted by atomic mass is 9.87. The minimum absolute atomic E-state index is 0.438. The highest BCUT2D eigenvalue weighted by molar-refractivity contribution is 5.28. The summed E-state index contributed by atoms with van der Waals surface area (Å²) in [5, 5.41) is 0. The SMILES string of the molecule is c1cn2c(n1)C21CCCCC1. The zero-order valence-corrected chi connectivity index (χ0v) is 6.58. The maximum Gasteiger partial charge on any atom is 0.135 e. The molecule has 2 heterocycles. The van der Waals surface area contributed by atoms with Gasteiger partial charge in [0.2, 0.25) is 0 Å². The maximum absolute atomic E-state index is 4.35. The number of imidazole rings is 1. The number of nitrogens with zero attached hydrogens (tertiary/aromatic N) is 2. The van der Waals surface area contributed by atoms with E-state index in [1.54, 1.807) is 0 Å². The lowest BCUT2D eigenvalue weighted by Gasteiger charge is -2.20. The van der Waals surface area contributed by atoms with E-state index in [0.717, 1.165) is 0 Å². The predicted molar refractivity (Wildman–Crippen MR) is 42.4 cm³/mol. The Hall–Kier alpha value is -0.790. The normalized spacial score (nSPS) is 25.1. The number of rotatable bonds is 0. The molecule has 1 aromatic rings. The Morgan fingerprint density at radius 1 is 1.27 bits per heavy atom. The van der Waals surface area contributed by atoms with Gasteiger partial charge in [-0.25, -0.2) is 4.98 Å². The molecule has 11 heavy (non-hydrogen) atoms. The average Bonchev–Trinajstić information content (AvgIpc) is 2.54. The van der Waals surface area contributed by atoms with Crippen LogP contribution >= 0.6 is 0 Å². The predicted octanol–water partition coefficient (Wildman–Crippen LogP) is 1.90. The van der Waals surface area contributed by atoms with Crippen molar-refractivity contribution in [2.45, 2.75) is 37.6 Å². The van der Waals surface area contributed by atoms with Crippen molar-refractivity contribution in [3.63, 3.8) is 0 Å². The lowest BCUT2D eigenvalue weighted by Crippen LogP contribution is -2.16. The summed E-state index contributed by atoms with van der Waals surface area (Å²) in [5.74, 6) is 1.34. The van der Waals surface area contributed by atoms with E-state index < -0.39 is 0 Å². The van der Waals surface area contributed by atoms with Gasteiger partial charge < -0.3 is 4.57 Å². The third-order valence-corrected chi connectivity index (χ3v) is 3.15. The fraction of sp³-hybridized carbons (Fsp3) is 0.667. The van der Waals surface area contributed by atoms with Gasteiger partial charge in [0.05, 0.1) is 0 Å². The first-order valence-corrected chi connectivity index (χ1v) is 4.48. The minimum atomic E-state index is 0.438.